The first kappa shape index (κ1) is 11.1. The number of alkyl halides is 2. The third kappa shape index (κ3) is 3.08. The number of hydrogen-bond acceptors (Lipinski definition) is 3. The van der Waals surface area contributed by atoms with Crippen LogP contribution in [0.2, 0.25) is 0 Å². The van der Waals surface area contributed by atoms with E-state index in [0.717, 1.165) is 5.76 Å². The molecular formula is C9H14F2N2O. The van der Waals surface area contributed by atoms with Gasteiger partial charge in [0, 0.05) is 6.54 Å². The Morgan fingerprint density at radius 3 is 2.64 bits per heavy atom. The van der Waals surface area contributed by atoms with Crippen molar-refractivity contribution in [1.29, 1.82) is 0 Å². The molecular weight excluding hydrogens is 190 g/mol. The van der Waals surface area contributed by atoms with Gasteiger partial charge in [-0.05, 0) is 19.1 Å². The third-order valence-electron chi connectivity index (χ3n) is 1.86. The molecule has 1 heterocycles. The third-order valence-corrected chi connectivity index (χ3v) is 1.86. The summed E-state index contributed by atoms with van der Waals surface area (Å²) in [7, 11) is 0. The summed E-state index contributed by atoms with van der Waals surface area (Å²) >= 11 is 0. The van der Waals surface area contributed by atoms with E-state index in [9.17, 15) is 8.78 Å². The molecule has 0 saturated heterocycles. The fourth-order valence-electron chi connectivity index (χ4n) is 1.17. The number of furan rings is 1. The summed E-state index contributed by atoms with van der Waals surface area (Å²) in [5, 5.41) is 2.63. The van der Waals surface area contributed by atoms with Crippen molar-refractivity contribution in [3.05, 3.63) is 23.7 Å². The van der Waals surface area contributed by atoms with Crippen LogP contribution in [0.4, 0.5) is 8.78 Å². The number of hydrogen-bond donors (Lipinski definition) is 2. The highest BCUT2D eigenvalue weighted by Crippen LogP contribution is 2.15. The van der Waals surface area contributed by atoms with Crippen LogP contribution >= 0.6 is 0 Å². The normalized spacial score (nSPS) is 13.5. The molecule has 0 fully saturated rings. The van der Waals surface area contributed by atoms with Crippen LogP contribution < -0.4 is 11.1 Å². The topological polar surface area (TPSA) is 51.2 Å². The van der Waals surface area contributed by atoms with Gasteiger partial charge in [-0.3, -0.25) is 0 Å². The largest absolute Gasteiger partial charge is 0.465 e. The summed E-state index contributed by atoms with van der Waals surface area (Å²) in [6.45, 7) is 1.66. The molecule has 0 bridgehead atoms. The molecule has 5 heteroatoms. The van der Waals surface area contributed by atoms with Gasteiger partial charge in [0.1, 0.15) is 11.5 Å². The van der Waals surface area contributed by atoms with E-state index in [1.54, 1.807) is 19.1 Å². The van der Waals surface area contributed by atoms with Crippen molar-refractivity contribution in [2.45, 2.75) is 19.4 Å². The van der Waals surface area contributed by atoms with Crippen LogP contribution in [0.1, 0.15) is 17.6 Å². The lowest BCUT2D eigenvalue weighted by Crippen LogP contribution is -2.31. The standard InChI is InChI=1S/C9H14F2N2O/c1-6-2-3-8(14-6)7(4-12)13-5-9(10)11/h2-3,7,9,13H,4-5,12H2,1H3. The van der Waals surface area contributed by atoms with E-state index in [-0.39, 0.29) is 19.1 Å². The van der Waals surface area contributed by atoms with E-state index >= 15 is 0 Å². The predicted molar refractivity (Wildman–Crippen MR) is 49.2 cm³/mol. The van der Waals surface area contributed by atoms with Gasteiger partial charge in [0.2, 0.25) is 0 Å². The average molecular weight is 204 g/mol. The summed E-state index contributed by atoms with van der Waals surface area (Å²) in [5.41, 5.74) is 5.43. The molecule has 1 atom stereocenters. The number of nitrogens with one attached hydrogen (secondary N) is 1. The minimum Gasteiger partial charge on any atom is -0.465 e. The van der Waals surface area contributed by atoms with Crippen molar-refractivity contribution >= 4 is 0 Å². The second-order valence-electron chi connectivity index (χ2n) is 3.04. The van der Waals surface area contributed by atoms with Crippen molar-refractivity contribution in [2.24, 2.45) is 5.73 Å². The molecule has 0 aromatic carbocycles. The van der Waals surface area contributed by atoms with Crippen LogP contribution in [0.25, 0.3) is 0 Å². The highest BCUT2D eigenvalue weighted by molar-refractivity contribution is 5.10. The first-order valence-corrected chi connectivity index (χ1v) is 4.41. The van der Waals surface area contributed by atoms with E-state index in [4.69, 9.17) is 10.2 Å². The van der Waals surface area contributed by atoms with E-state index in [1.165, 1.54) is 0 Å². The zero-order chi connectivity index (χ0) is 10.6. The molecule has 1 rings (SSSR count). The van der Waals surface area contributed by atoms with E-state index in [1.807, 2.05) is 0 Å². The minimum absolute atomic E-state index is 0.236. The Hall–Kier alpha value is -0.940. The van der Waals surface area contributed by atoms with Gasteiger partial charge in [0.25, 0.3) is 6.43 Å². The monoisotopic (exact) mass is 204 g/mol. The quantitative estimate of drug-likeness (QED) is 0.763. The zero-order valence-corrected chi connectivity index (χ0v) is 7.97. The van der Waals surface area contributed by atoms with Gasteiger partial charge in [-0.2, -0.15) is 0 Å². The number of nitrogens with two attached hydrogens (primary N) is 1. The van der Waals surface area contributed by atoms with Crippen molar-refractivity contribution in [3.8, 4) is 0 Å². The highest BCUT2D eigenvalue weighted by Gasteiger charge is 2.14. The zero-order valence-electron chi connectivity index (χ0n) is 7.97. The van der Waals surface area contributed by atoms with Crippen molar-refractivity contribution < 1.29 is 13.2 Å². The van der Waals surface area contributed by atoms with Gasteiger partial charge in [-0.1, -0.05) is 0 Å². The smallest absolute Gasteiger partial charge is 0.250 e. The molecule has 0 radical (unpaired) electrons. The van der Waals surface area contributed by atoms with Gasteiger partial charge in [0.05, 0.1) is 12.6 Å². The number of halogens is 2. The van der Waals surface area contributed by atoms with Crippen LogP contribution in [0.3, 0.4) is 0 Å². The molecule has 1 aromatic rings. The Bertz CT molecular complexity index is 276. The maximum absolute atomic E-state index is 11.9. The number of rotatable bonds is 5. The van der Waals surface area contributed by atoms with Gasteiger partial charge in [-0.25, -0.2) is 8.78 Å². The lowest BCUT2D eigenvalue weighted by atomic mass is 10.2. The van der Waals surface area contributed by atoms with Crippen LogP contribution in [0, 0.1) is 6.92 Å². The van der Waals surface area contributed by atoms with Gasteiger partial charge in [-0.15, -0.1) is 0 Å². The van der Waals surface area contributed by atoms with Crippen LogP contribution in [0.5, 0.6) is 0 Å². The Labute approximate surface area is 81.3 Å². The first-order chi connectivity index (χ1) is 6.63. The Morgan fingerprint density at radius 2 is 2.21 bits per heavy atom. The van der Waals surface area contributed by atoms with Crippen LogP contribution in [-0.4, -0.2) is 19.5 Å². The second-order valence-corrected chi connectivity index (χ2v) is 3.04. The molecule has 1 aromatic heterocycles. The predicted octanol–water partition coefficient (Wildman–Crippen LogP) is 1.44. The molecule has 0 aliphatic carbocycles. The number of aryl methyl sites for hydroxylation is 1. The maximum atomic E-state index is 11.9. The van der Waals surface area contributed by atoms with Gasteiger partial charge in [0.15, 0.2) is 0 Å². The second kappa shape index (κ2) is 5.07. The molecule has 0 saturated carbocycles. The van der Waals surface area contributed by atoms with E-state index in [0.29, 0.717) is 5.76 Å². The highest BCUT2D eigenvalue weighted by atomic mass is 19.3. The van der Waals surface area contributed by atoms with Crippen LogP contribution in [0.15, 0.2) is 16.5 Å². The fraction of sp³-hybridized carbons (Fsp3) is 0.556. The molecule has 1 unspecified atom stereocenters. The van der Waals surface area contributed by atoms with Crippen molar-refractivity contribution in [1.82, 2.24) is 5.32 Å². The molecule has 0 spiro atoms. The molecule has 3 nitrogen and oxygen atoms in total. The minimum atomic E-state index is -2.37. The summed E-state index contributed by atoms with van der Waals surface area (Å²) in [4.78, 5) is 0. The molecule has 14 heavy (non-hydrogen) atoms. The van der Waals surface area contributed by atoms with Gasteiger partial charge < -0.3 is 15.5 Å². The van der Waals surface area contributed by atoms with E-state index < -0.39 is 6.43 Å². The molecule has 0 amide bonds. The SMILES string of the molecule is Cc1ccc(C(CN)NCC(F)F)o1. The summed E-state index contributed by atoms with van der Waals surface area (Å²) < 4.78 is 29.1. The summed E-state index contributed by atoms with van der Waals surface area (Å²) in [6, 6.07) is 3.19. The molecule has 0 aliphatic rings. The Morgan fingerprint density at radius 1 is 1.50 bits per heavy atom. The van der Waals surface area contributed by atoms with Crippen molar-refractivity contribution in [2.75, 3.05) is 13.1 Å². The molecule has 80 valence electrons. The summed E-state index contributed by atoms with van der Waals surface area (Å²) in [6.07, 6.45) is -2.37. The van der Waals surface area contributed by atoms with E-state index in [2.05, 4.69) is 5.32 Å². The Kier molecular flexibility index (Phi) is 4.03. The maximum Gasteiger partial charge on any atom is 0.250 e. The average Bonchev–Trinajstić information content (AvgIpc) is 2.53. The summed E-state index contributed by atoms with van der Waals surface area (Å²) in [5.74, 6) is 1.35. The first-order valence-electron chi connectivity index (χ1n) is 4.41. The van der Waals surface area contributed by atoms with Crippen molar-refractivity contribution in [3.63, 3.8) is 0 Å². The fourth-order valence-corrected chi connectivity index (χ4v) is 1.17. The molecule has 0 aliphatic heterocycles. The lowest BCUT2D eigenvalue weighted by molar-refractivity contribution is 0.140. The Balaban J connectivity index is 2.54. The van der Waals surface area contributed by atoms with Crippen LogP contribution in [-0.2, 0) is 0 Å². The van der Waals surface area contributed by atoms with Gasteiger partial charge >= 0.3 is 0 Å². The molecule has 3 N–H and O–H groups in total. The lowest BCUT2D eigenvalue weighted by Gasteiger charge is -2.13.